The van der Waals surface area contributed by atoms with Crippen molar-refractivity contribution in [3.05, 3.63) is 52.8 Å². The summed E-state index contributed by atoms with van der Waals surface area (Å²) in [4.78, 5) is 17.0. The zero-order valence-electron chi connectivity index (χ0n) is 14.2. The van der Waals surface area contributed by atoms with Crippen LogP contribution < -0.4 is 10.1 Å². The van der Waals surface area contributed by atoms with E-state index in [2.05, 4.69) is 35.5 Å². The van der Waals surface area contributed by atoms with Gasteiger partial charge in [-0.2, -0.15) is 11.8 Å². The molecule has 4 rings (SSSR count). The third kappa shape index (κ3) is 4.11. The van der Waals surface area contributed by atoms with Crippen molar-refractivity contribution in [3.8, 4) is 5.75 Å². The highest BCUT2D eigenvalue weighted by Crippen LogP contribution is 2.35. The van der Waals surface area contributed by atoms with Crippen LogP contribution in [0, 0.1) is 0 Å². The molecule has 0 saturated carbocycles. The van der Waals surface area contributed by atoms with Gasteiger partial charge in [0.15, 0.2) is 0 Å². The van der Waals surface area contributed by atoms with Gasteiger partial charge >= 0.3 is 5.57 Å². The van der Waals surface area contributed by atoms with Crippen molar-refractivity contribution >= 4 is 61.9 Å². The molecule has 28 heavy (non-hydrogen) atoms. The quantitative estimate of drug-likeness (QED) is 0.481. The number of imidazole rings is 1. The SMILES string of the molecule is O=C(Nc1ccc(OC(F)(F)Cl)cc1)c1cc(Br)c2c(c1)ncn2C1CSC1. The Labute approximate surface area is 176 Å². The van der Waals surface area contributed by atoms with Crippen LogP contribution in [0.1, 0.15) is 16.4 Å². The van der Waals surface area contributed by atoms with E-state index in [0.717, 1.165) is 27.0 Å². The van der Waals surface area contributed by atoms with Gasteiger partial charge in [0.1, 0.15) is 5.75 Å². The van der Waals surface area contributed by atoms with Gasteiger partial charge in [0.25, 0.3) is 5.91 Å². The maximum Gasteiger partial charge on any atom is 0.487 e. The number of rotatable bonds is 5. The molecular formula is C18H13BrClF2N3O2S. The molecule has 10 heteroatoms. The molecule has 0 unspecified atom stereocenters. The fourth-order valence-electron chi connectivity index (χ4n) is 2.86. The van der Waals surface area contributed by atoms with Gasteiger partial charge in [-0.15, -0.1) is 8.78 Å². The third-order valence-corrected chi connectivity index (χ3v) is 6.17. The minimum absolute atomic E-state index is 0.109. The summed E-state index contributed by atoms with van der Waals surface area (Å²) in [7, 11) is 0. The number of hydrogen-bond donors (Lipinski definition) is 1. The first-order valence-electron chi connectivity index (χ1n) is 8.21. The smallest absolute Gasteiger partial charge is 0.420 e. The molecule has 1 amide bonds. The van der Waals surface area contributed by atoms with Crippen LogP contribution in [0.5, 0.6) is 5.75 Å². The number of thioether (sulfide) groups is 1. The molecule has 3 aromatic rings. The Hall–Kier alpha value is -1.84. The van der Waals surface area contributed by atoms with E-state index in [1.165, 1.54) is 24.3 Å². The van der Waals surface area contributed by atoms with Crippen molar-refractivity contribution < 1.29 is 18.3 Å². The lowest BCUT2D eigenvalue weighted by atomic mass is 10.1. The maximum atomic E-state index is 12.6. The van der Waals surface area contributed by atoms with Gasteiger partial charge < -0.3 is 14.6 Å². The van der Waals surface area contributed by atoms with Crippen molar-refractivity contribution in [1.29, 1.82) is 0 Å². The highest BCUT2D eigenvalue weighted by atomic mass is 79.9. The molecule has 1 saturated heterocycles. The van der Waals surface area contributed by atoms with Crippen LogP contribution >= 0.6 is 39.3 Å². The molecule has 0 spiro atoms. The van der Waals surface area contributed by atoms with Crippen LogP contribution in [0.15, 0.2) is 47.2 Å². The molecule has 1 aliphatic heterocycles. The van der Waals surface area contributed by atoms with Gasteiger partial charge in [-0.1, -0.05) is 0 Å². The first-order chi connectivity index (χ1) is 13.3. The van der Waals surface area contributed by atoms with E-state index in [9.17, 15) is 13.6 Å². The number of aromatic nitrogens is 2. The number of nitrogens with zero attached hydrogens (tertiary/aromatic N) is 2. The molecule has 2 aromatic carbocycles. The summed E-state index contributed by atoms with van der Waals surface area (Å²) in [6.45, 7) is 0. The average Bonchev–Trinajstić information content (AvgIpc) is 2.98. The van der Waals surface area contributed by atoms with E-state index in [4.69, 9.17) is 11.6 Å². The first-order valence-corrected chi connectivity index (χ1v) is 10.5. The number of fused-ring (bicyclic) bond motifs is 1. The predicted octanol–water partition coefficient (Wildman–Crippen LogP) is 5.51. The number of carbonyl (C=O) groups is 1. The zero-order valence-corrected chi connectivity index (χ0v) is 17.3. The zero-order chi connectivity index (χ0) is 19.9. The Balaban J connectivity index is 1.52. The summed E-state index contributed by atoms with van der Waals surface area (Å²) in [6, 6.07) is 9.38. The number of ether oxygens (including phenoxy) is 1. The van der Waals surface area contributed by atoms with Crippen molar-refractivity contribution in [2.45, 2.75) is 11.6 Å². The number of carbonyl (C=O) groups excluding carboxylic acids is 1. The normalized spacial score (nSPS) is 14.7. The topological polar surface area (TPSA) is 56.1 Å². The van der Waals surface area contributed by atoms with Crippen molar-refractivity contribution in [3.63, 3.8) is 0 Å². The van der Waals surface area contributed by atoms with E-state index < -0.39 is 5.57 Å². The molecule has 1 N–H and O–H groups in total. The standard InChI is InChI=1S/C18H13BrClF2N3O2S/c19-14-5-10(6-15-16(14)25(9-23-15)12-7-28-8-12)17(26)24-11-1-3-13(4-2-11)27-18(20,21)22/h1-6,9,12H,7-8H2,(H,24,26). The Bertz CT molecular complexity index is 1040. The molecule has 1 fully saturated rings. The van der Waals surface area contributed by atoms with E-state index in [0.29, 0.717) is 17.3 Å². The number of amides is 1. The second kappa shape index (κ2) is 7.53. The number of benzene rings is 2. The van der Waals surface area contributed by atoms with E-state index in [1.807, 2.05) is 11.8 Å². The molecule has 0 atom stereocenters. The second-order valence-corrected chi connectivity index (χ2v) is 8.56. The second-order valence-electron chi connectivity index (χ2n) is 6.20. The van der Waals surface area contributed by atoms with E-state index in [-0.39, 0.29) is 11.7 Å². The molecule has 1 aromatic heterocycles. The molecule has 146 valence electrons. The Morgan fingerprint density at radius 2 is 2.04 bits per heavy atom. The van der Waals surface area contributed by atoms with Gasteiger partial charge in [0.2, 0.25) is 0 Å². The van der Waals surface area contributed by atoms with E-state index in [1.54, 1.807) is 18.5 Å². The summed E-state index contributed by atoms with van der Waals surface area (Å²) in [5.41, 5.74) is -1.23. The lowest BCUT2D eigenvalue weighted by molar-refractivity contribution is -0.0964. The van der Waals surface area contributed by atoms with Crippen LogP contribution in [-0.4, -0.2) is 32.5 Å². The summed E-state index contributed by atoms with van der Waals surface area (Å²) >= 11 is 10.2. The highest BCUT2D eigenvalue weighted by Gasteiger charge is 2.27. The number of halogens is 4. The molecule has 2 heterocycles. The van der Waals surface area contributed by atoms with Gasteiger partial charge in [-0.25, -0.2) is 4.98 Å². The monoisotopic (exact) mass is 487 g/mol. The largest absolute Gasteiger partial charge is 0.487 e. The Morgan fingerprint density at radius 1 is 1.32 bits per heavy atom. The van der Waals surface area contributed by atoms with Crippen LogP contribution in [0.3, 0.4) is 0 Å². The number of nitrogens with one attached hydrogen (secondary N) is 1. The summed E-state index contributed by atoms with van der Waals surface area (Å²) in [5, 5.41) is 2.72. The molecule has 5 nitrogen and oxygen atoms in total. The number of anilines is 1. The van der Waals surface area contributed by atoms with Crippen LogP contribution in [0.4, 0.5) is 14.5 Å². The van der Waals surface area contributed by atoms with E-state index >= 15 is 0 Å². The number of alkyl halides is 3. The predicted molar refractivity (Wildman–Crippen MR) is 110 cm³/mol. The van der Waals surface area contributed by atoms with Gasteiger partial charge in [0.05, 0.1) is 23.4 Å². The summed E-state index contributed by atoms with van der Waals surface area (Å²) in [6.07, 6.45) is 1.80. The molecule has 0 aliphatic carbocycles. The molecule has 0 radical (unpaired) electrons. The van der Waals surface area contributed by atoms with Crippen molar-refractivity contribution in [1.82, 2.24) is 9.55 Å². The van der Waals surface area contributed by atoms with Crippen molar-refractivity contribution in [2.75, 3.05) is 16.8 Å². The molecule has 1 aliphatic rings. The first kappa shape index (κ1) is 19.5. The lowest BCUT2D eigenvalue weighted by Gasteiger charge is -2.27. The van der Waals surface area contributed by atoms with Crippen LogP contribution in [0.2, 0.25) is 0 Å². The summed E-state index contributed by atoms with van der Waals surface area (Å²) in [5.74, 6) is 1.65. The fraction of sp³-hybridized carbons (Fsp3) is 0.222. The highest BCUT2D eigenvalue weighted by molar-refractivity contribution is 9.10. The lowest BCUT2D eigenvalue weighted by Crippen LogP contribution is -2.22. The van der Waals surface area contributed by atoms with Gasteiger partial charge in [-0.3, -0.25) is 4.79 Å². The molecular weight excluding hydrogens is 476 g/mol. The Kier molecular flexibility index (Phi) is 5.24. The third-order valence-electron chi connectivity index (χ3n) is 4.24. The molecule has 0 bridgehead atoms. The Morgan fingerprint density at radius 3 is 2.64 bits per heavy atom. The summed E-state index contributed by atoms with van der Waals surface area (Å²) < 4.78 is 32.5. The van der Waals surface area contributed by atoms with Crippen molar-refractivity contribution in [2.24, 2.45) is 0 Å². The number of hydrogen-bond acceptors (Lipinski definition) is 4. The minimum Gasteiger partial charge on any atom is -0.420 e. The van der Waals surface area contributed by atoms with Crippen LogP contribution in [0.25, 0.3) is 11.0 Å². The minimum atomic E-state index is -3.78. The van der Waals surface area contributed by atoms with Crippen LogP contribution in [-0.2, 0) is 0 Å². The van der Waals surface area contributed by atoms with Gasteiger partial charge in [0, 0.05) is 38.8 Å². The maximum absolute atomic E-state index is 12.6. The fourth-order valence-corrected chi connectivity index (χ4v) is 4.37. The average molecular weight is 489 g/mol. The van der Waals surface area contributed by atoms with Gasteiger partial charge in [-0.05, 0) is 52.3 Å².